The molecule has 0 N–H and O–H groups in total. The molecule has 5 heteroatoms. The van der Waals surface area contributed by atoms with Crippen LogP contribution in [0.3, 0.4) is 0 Å². The van der Waals surface area contributed by atoms with Crippen molar-refractivity contribution >= 4 is 23.5 Å². The maximum atomic E-state index is 6.22. The molecule has 0 saturated carbocycles. The number of rotatable bonds is 7. The number of hydrogen-bond donors (Lipinski definition) is 0. The van der Waals surface area contributed by atoms with Gasteiger partial charge in [0.15, 0.2) is 11.5 Å². The average molecular weight is 334 g/mol. The zero-order valence-corrected chi connectivity index (χ0v) is 14.3. The normalized spacial score (nSPS) is 10.8. The van der Waals surface area contributed by atoms with E-state index < -0.39 is 0 Å². The van der Waals surface area contributed by atoms with E-state index in [1.807, 2.05) is 44.2 Å². The van der Waals surface area contributed by atoms with Crippen LogP contribution in [0.5, 0.6) is 17.2 Å². The first-order chi connectivity index (χ1) is 11.2. The van der Waals surface area contributed by atoms with E-state index in [9.17, 15) is 0 Å². The summed E-state index contributed by atoms with van der Waals surface area (Å²) in [6.07, 6.45) is 1.74. The molecule has 0 heterocycles. The number of hydrogen-bond acceptors (Lipinski definition) is 4. The predicted octanol–water partition coefficient (Wildman–Crippen LogP) is 4.90. The van der Waals surface area contributed by atoms with Crippen molar-refractivity contribution in [3.63, 3.8) is 0 Å². The average Bonchev–Trinajstić information content (AvgIpc) is 2.55. The molecule has 2 aromatic rings. The van der Waals surface area contributed by atoms with Gasteiger partial charge in [-0.05, 0) is 55.8 Å². The molecule has 0 radical (unpaired) electrons. The van der Waals surface area contributed by atoms with Crippen molar-refractivity contribution in [2.45, 2.75) is 13.8 Å². The fourth-order valence-corrected chi connectivity index (χ4v) is 2.36. The van der Waals surface area contributed by atoms with Crippen LogP contribution in [0, 0.1) is 0 Å². The van der Waals surface area contributed by atoms with Crippen LogP contribution in [0.2, 0.25) is 5.02 Å². The summed E-state index contributed by atoms with van der Waals surface area (Å²) in [5.41, 5.74) is 1.67. The van der Waals surface area contributed by atoms with Crippen LogP contribution in [-0.2, 0) is 0 Å². The van der Waals surface area contributed by atoms with Crippen LogP contribution in [-0.4, -0.2) is 26.5 Å². The summed E-state index contributed by atoms with van der Waals surface area (Å²) in [6.45, 7) is 5.04. The fourth-order valence-electron chi connectivity index (χ4n) is 2.07. The van der Waals surface area contributed by atoms with Crippen molar-refractivity contribution in [1.82, 2.24) is 0 Å². The van der Waals surface area contributed by atoms with Crippen molar-refractivity contribution in [3.05, 3.63) is 47.0 Å². The second kappa shape index (κ2) is 8.44. The number of halogens is 1. The van der Waals surface area contributed by atoms with Crippen molar-refractivity contribution in [2.75, 3.05) is 20.3 Å². The summed E-state index contributed by atoms with van der Waals surface area (Å²) in [7, 11) is 1.57. The highest BCUT2D eigenvalue weighted by Crippen LogP contribution is 2.36. The first kappa shape index (κ1) is 17.2. The molecular formula is C18H20ClNO3. The number of benzene rings is 2. The maximum Gasteiger partial charge on any atom is 0.179 e. The van der Waals surface area contributed by atoms with Gasteiger partial charge >= 0.3 is 0 Å². The lowest BCUT2D eigenvalue weighted by molar-refractivity contribution is 0.311. The summed E-state index contributed by atoms with van der Waals surface area (Å²) < 4.78 is 16.2. The number of aliphatic imine (C=N–C) groups is 1. The second-order valence-electron chi connectivity index (χ2n) is 4.65. The fraction of sp³-hybridized carbons (Fsp3) is 0.278. The summed E-state index contributed by atoms with van der Waals surface area (Å²) in [5, 5.41) is 0.492. The molecule has 122 valence electrons. The molecule has 2 rings (SSSR count). The molecular weight excluding hydrogens is 314 g/mol. The van der Waals surface area contributed by atoms with Gasteiger partial charge in [0, 0.05) is 6.21 Å². The Hall–Kier alpha value is -2.20. The Morgan fingerprint density at radius 3 is 2.35 bits per heavy atom. The van der Waals surface area contributed by atoms with Gasteiger partial charge in [0.1, 0.15) is 5.75 Å². The van der Waals surface area contributed by atoms with Gasteiger partial charge in [-0.3, -0.25) is 4.99 Å². The van der Waals surface area contributed by atoms with E-state index in [1.165, 1.54) is 0 Å². The van der Waals surface area contributed by atoms with E-state index in [0.717, 1.165) is 17.0 Å². The minimum atomic E-state index is 0.492. The molecule has 0 aliphatic carbocycles. The van der Waals surface area contributed by atoms with Crippen molar-refractivity contribution in [3.8, 4) is 17.2 Å². The Bertz CT molecular complexity index is 669. The first-order valence-electron chi connectivity index (χ1n) is 7.45. The summed E-state index contributed by atoms with van der Waals surface area (Å²) >= 11 is 6.22. The first-order valence-corrected chi connectivity index (χ1v) is 7.83. The SMILES string of the molecule is CCOc1ccc(N=Cc2cc(Cl)c(OC)c(OCC)c2)cc1. The van der Waals surface area contributed by atoms with Crippen LogP contribution in [0.25, 0.3) is 0 Å². The molecule has 2 aromatic carbocycles. The minimum Gasteiger partial charge on any atom is -0.494 e. The molecule has 23 heavy (non-hydrogen) atoms. The molecule has 0 amide bonds. The molecule has 0 unspecified atom stereocenters. The molecule has 0 bridgehead atoms. The standard InChI is InChI=1S/C18H20ClNO3/c1-4-22-15-8-6-14(7-9-15)20-12-13-10-16(19)18(21-3)17(11-13)23-5-2/h6-12H,4-5H2,1-3H3. The number of ether oxygens (including phenoxy) is 3. The van der Waals surface area contributed by atoms with Gasteiger partial charge in [-0.15, -0.1) is 0 Å². The van der Waals surface area contributed by atoms with E-state index in [-0.39, 0.29) is 0 Å². The topological polar surface area (TPSA) is 40.0 Å². The quantitative estimate of drug-likeness (QED) is 0.677. The van der Waals surface area contributed by atoms with Crippen LogP contribution < -0.4 is 14.2 Å². The minimum absolute atomic E-state index is 0.492. The summed E-state index contributed by atoms with van der Waals surface area (Å²) in [6, 6.07) is 11.2. The Morgan fingerprint density at radius 1 is 1.04 bits per heavy atom. The highest BCUT2D eigenvalue weighted by Gasteiger charge is 2.10. The van der Waals surface area contributed by atoms with Gasteiger partial charge in [-0.25, -0.2) is 0 Å². The lowest BCUT2D eigenvalue weighted by Crippen LogP contribution is -1.97. The van der Waals surface area contributed by atoms with Crippen LogP contribution in [0.15, 0.2) is 41.4 Å². The summed E-state index contributed by atoms with van der Waals surface area (Å²) in [4.78, 5) is 4.44. The third kappa shape index (κ3) is 4.63. The zero-order valence-electron chi connectivity index (χ0n) is 13.5. The van der Waals surface area contributed by atoms with E-state index in [1.54, 1.807) is 19.4 Å². The maximum absolute atomic E-state index is 6.22. The second-order valence-corrected chi connectivity index (χ2v) is 5.06. The lowest BCUT2D eigenvalue weighted by atomic mass is 10.2. The Kier molecular flexibility index (Phi) is 6.29. The molecule has 0 aliphatic rings. The van der Waals surface area contributed by atoms with Gasteiger partial charge in [-0.1, -0.05) is 11.6 Å². The van der Waals surface area contributed by atoms with E-state index in [2.05, 4.69) is 4.99 Å². The third-order valence-electron chi connectivity index (χ3n) is 3.05. The van der Waals surface area contributed by atoms with E-state index in [0.29, 0.717) is 29.7 Å². The molecule has 0 saturated heterocycles. The van der Waals surface area contributed by atoms with Crippen LogP contribution in [0.1, 0.15) is 19.4 Å². The van der Waals surface area contributed by atoms with Gasteiger partial charge in [-0.2, -0.15) is 0 Å². The van der Waals surface area contributed by atoms with E-state index in [4.69, 9.17) is 25.8 Å². The molecule has 0 atom stereocenters. The van der Waals surface area contributed by atoms with Gasteiger partial charge < -0.3 is 14.2 Å². The monoisotopic (exact) mass is 333 g/mol. The third-order valence-corrected chi connectivity index (χ3v) is 3.33. The Morgan fingerprint density at radius 2 is 1.74 bits per heavy atom. The van der Waals surface area contributed by atoms with Gasteiger partial charge in [0.05, 0.1) is 31.0 Å². The number of nitrogens with zero attached hydrogens (tertiary/aromatic N) is 1. The van der Waals surface area contributed by atoms with Crippen molar-refractivity contribution < 1.29 is 14.2 Å². The van der Waals surface area contributed by atoms with Crippen LogP contribution in [0.4, 0.5) is 5.69 Å². The van der Waals surface area contributed by atoms with Crippen molar-refractivity contribution in [1.29, 1.82) is 0 Å². The van der Waals surface area contributed by atoms with Gasteiger partial charge in [0.25, 0.3) is 0 Å². The molecule has 0 spiro atoms. The highest BCUT2D eigenvalue weighted by atomic mass is 35.5. The number of methoxy groups -OCH3 is 1. The van der Waals surface area contributed by atoms with Crippen molar-refractivity contribution in [2.24, 2.45) is 4.99 Å². The zero-order chi connectivity index (χ0) is 16.7. The largest absolute Gasteiger partial charge is 0.494 e. The summed E-state index contributed by atoms with van der Waals surface area (Å²) in [5.74, 6) is 1.97. The predicted molar refractivity (Wildman–Crippen MR) is 94.0 cm³/mol. The van der Waals surface area contributed by atoms with E-state index >= 15 is 0 Å². The van der Waals surface area contributed by atoms with Gasteiger partial charge in [0.2, 0.25) is 0 Å². The molecule has 0 aromatic heterocycles. The van der Waals surface area contributed by atoms with Crippen LogP contribution >= 0.6 is 11.6 Å². The Labute approximate surface area is 141 Å². The highest BCUT2D eigenvalue weighted by molar-refractivity contribution is 6.32. The molecule has 4 nitrogen and oxygen atoms in total. The smallest absolute Gasteiger partial charge is 0.179 e. The lowest BCUT2D eigenvalue weighted by Gasteiger charge is -2.11. The molecule has 0 fully saturated rings. The molecule has 0 aliphatic heterocycles. The Balaban J connectivity index is 2.21.